The lowest BCUT2D eigenvalue weighted by Gasteiger charge is -2.16. The first-order chi connectivity index (χ1) is 19.9. The van der Waals surface area contributed by atoms with Crippen molar-refractivity contribution in [3.63, 3.8) is 0 Å². The van der Waals surface area contributed by atoms with Gasteiger partial charge in [-0.05, 0) is 67.8 Å². The van der Waals surface area contributed by atoms with Gasteiger partial charge in [0.25, 0.3) is 11.5 Å². The van der Waals surface area contributed by atoms with Gasteiger partial charge in [0.05, 0.1) is 23.7 Å². The van der Waals surface area contributed by atoms with E-state index in [9.17, 15) is 9.59 Å². The Kier molecular flexibility index (Phi) is 10.5. The third-order valence-electron chi connectivity index (χ3n) is 6.17. The number of unbranched alkanes of at least 4 members (excludes halogenated alkanes) is 1. The van der Waals surface area contributed by atoms with E-state index in [1.807, 2.05) is 55.5 Å². The highest BCUT2D eigenvalue weighted by molar-refractivity contribution is 9.10. The minimum Gasteiger partial charge on any atom is -0.490 e. The summed E-state index contributed by atoms with van der Waals surface area (Å²) in [7, 11) is 0. The highest BCUT2D eigenvalue weighted by atomic mass is 79.9. The zero-order valence-electron chi connectivity index (χ0n) is 23.2. The van der Waals surface area contributed by atoms with Crippen molar-refractivity contribution in [3.05, 3.63) is 105 Å². The fraction of sp³-hybridized carbons (Fsp3) is 0.250. The van der Waals surface area contributed by atoms with E-state index in [0.29, 0.717) is 58.9 Å². The summed E-state index contributed by atoms with van der Waals surface area (Å²) < 4.78 is 14.0. The molecule has 0 bridgehead atoms. The Bertz CT molecular complexity index is 1620. The third kappa shape index (κ3) is 7.70. The van der Waals surface area contributed by atoms with Crippen LogP contribution in [0.25, 0.3) is 10.9 Å². The molecule has 4 rings (SSSR count). The number of para-hydroxylation sites is 1. The fourth-order valence-corrected chi connectivity index (χ4v) is 4.64. The summed E-state index contributed by atoms with van der Waals surface area (Å²) in [5.41, 5.74) is 2.57. The summed E-state index contributed by atoms with van der Waals surface area (Å²) in [6.07, 6.45) is 6.31. The maximum absolute atomic E-state index is 13.5. The predicted octanol–water partition coefficient (Wildman–Crippen LogP) is 6.53. The van der Waals surface area contributed by atoms with Crippen molar-refractivity contribution in [1.29, 1.82) is 0 Å². The standard InChI is InChI=1S/C32H33BrN4O4/c1-4-7-14-29-36-27-16-15-24(33)19-26(27)32(39)37(29)34-20-22-17-23(11-5-2)31(28(18-22)40-6-3)41-21-30(38)35-25-12-9-8-10-13-25/h5,8-10,12-13,15-20H,2,4,6-7,11,14,21H2,1,3H3,(H,35,38). The summed E-state index contributed by atoms with van der Waals surface area (Å²) in [6.45, 7) is 8.03. The molecule has 1 heterocycles. The second-order valence-corrected chi connectivity index (χ2v) is 10.2. The van der Waals surface area contributed by atoms with Crippen LogP contribution in [-0.4, -0.2) is 35.0 Å². The number of allylic oxidation sites excluding steroid dienone is 1. The number of carbonyl (C=O) groups is 1. The van der Waals surface area contributed by atoms with Crippen LogP contribution in [0.2, 0.25) is 0 Å². The molecule has 0 spiro atoms. The Balaban J connectivity index is 1.67. The average molecular weight is 618 g/mol. The van der Waals surface area contributed by atoms with Gasteiger partial charge in [-0.3, -0.25) is 9.59 Å². The topological polar surface area (TPSA) is 94.8 Å². The van der Waals surface area contributed by atoms with Gasteiger partial charge in [0.1, 0.15) is 5.82 Å². The summed E-state index contributed by atoms with van der Waals surface area (Å²) >= 11 is 3.44. The molecule has 1 N–H and O–H groups in total. The zero-order valence-corrected chi connectivity index (χ0v) is 24.8. The normalized spacial score (nSPS) is 11.1. The Labute approximate surface area is 247 Å². The minimum absolute atomic E-state index is 0.193. The van der Waals surface area contributed by atoms with Gasteiger partial charge in [0.2, 0.25) is 0 Å². The molecule has 41 heavy (non-hydrogen) atoms. The lowest BCUT2D eigenvalue weighted by molar-refractivity contribution is -0.118. The number of hydrogen-bond donors (Lipinski definition) is 1. The molecule has 1 amide bonds. The molecule has 0 saturated heterocycles. The summed E-state index contributed by atoms with van der Waals surface area (Å²) in [5.74, 6) is 1.25. The van der Waals surface area contributed by atoms with Crippen LogP contribution in [0.3, 0.4) is 0 Å². The van der Waals surface area contributed by atoms with E-state index in [2.05, 4.69) is 39.9 Å². The highest BCUT2D eigenvalue weighted by Crippen LogP contribution is 2.34. The van der Waals surface area contributed by atoms with Gasteiger partial charge in [0.15, 0.2) is 18.1 Å². The summed E-state index contributed by atoms with van der Waals surface area (Å²) in [4.78, 5) is 30.7. The number of carbonyl (C=O) groups excluding carboxylic acids is 1. The van der Waals surface area contributed by atoms with E-state index in [4.69, 9.17) is 14.5 Å². The van der Waals surface area contributed by atoms with Gasteiger partial charge in [-0.2, -0.15) is 9.78 Å². The monoisotopic (exact) mass is 616 g/mol. The lowest BCUT2D eigenvalue weighted by atomic mass is 10.1. The van der Waals surface area contributed by atoms with E-state index in [1.54, 1.807) is 24.4 Å². The maximum atomic E-state index is 13.5. The number of fused-ring (bicyclic) bond motifs is 1. The molecule has 0 radical (unpaired) electrons. The van der Waals surface area contributed by atoms with Crippen LogP contribution in [0.15, 0.2) is 87.7 Å². The summed E-state index contributed by atoms with van der Waals surface area (Å²) in [5, 5.41) is 7.88. The number of hydrogen-bond acceptors (Lipinski definition) is 6. The Morgan fingerprint density at radius 2 is 1.93 bits per heavy atom. The Morgan fingerprint density at radius 1 is 1.12 bits per heavy atom. The molecule has 0 fully saturated rings. The van der Waals surface area contributed by atoms with E-state index < -0.39 is 0 Å². The van der Waals surface area contributed by atoms with E-state index >= 15 is 0 Å². The number of ether oxygens (including phenoxy) is 2. The number of amides is 1. The first kappa shape index (κ1) is 29.7. The van der Waals surface area contributed by atoms with Crippen LogP contribution >= 0.6 is 15.9 Å². The smallest absolute Gasteiger partial charge is 0.282 e. The molecule has 8 nitrogen and oxygen atoms in total. The number of nitrogens with one attached hydrogen (secondary N) is 1. The van der Waals surface area contributed by atoms with Crippen LogP contribution in [0, 0.1) is 0 Å². The number of halogens is 1. The third-order valence-corrected chi connectivity index (χ3v) is 6.67. The SMILES string of the molecule is C=CCc1cc(C=Nn2c(CCCC)nc3ccc(Br)cc3c2=O)cc(OCC)c1OCC(=O)Nc1ccccc1. The van der Waals surface area contributed by atoms with Crippen LogP contribution < -0.4 is 20.3 Å². The Hall–Kier alpha value is -4.24. The van der Waals surface area contributed by atoms with E-state index in [1.165, 1.54) is 4.68 Å². The summed E-state index contributed by atoms with van der Waals surface area (Å²) in [6, 6.07) is 18.3. The molecule has 0 aliphatic rings. The highest BCUT2D eigenvalue weighted by Gasteiger charge is 2.16. The second kappa shape index (κ2) is 14.4. The predicted molar refractivity (Wildman–Crippen MR) is 167 cm³/mol. The number of anilines is 1. The van der Waals surface area contributed by atoms with Gasteiger partial charge in [-0.25, -0.2) is 4.98 Å². The molecule has 4 aromatic rings. The van der Waals surface area contributed by atoms with E-state index in [0.717, 1.165) is 22.9 Å². The van der Waals surface area contributed by atoms with Crippen LogP contribution in [0.5, 0.6) is 11.5 Å². The van der Waals surface area contributed by atoms with Crippen molar-refractivity contribution >= 4 is 44.6 Å². The van der Waals surface area contributed by atoms with Gasteiger partial charge in [0, 0.05) is 22.1 Å². The molecule has 0 unspecified atom stereocenters. The van der Waals surface area contributed by atoms with Crippen LogP contribution in [-0.2, 0) is 17.6 Å². The number of benzene rings is 3. The second-order valence-electron chi connectivity index (χ2n) is 9.29. The average Bonchev–Trinajstić information content (AvgIpc) is 2.96. The largest absolute Gasteiger partial charge is 0.490 e. The van der Waals surface area contributed by atoms with Gasteiger partial charge in [-0.1, -0.05) is 53.5 Å². The van der Waals surface area contributed by atoms with Gasteiger partial charge >= 0.3 is 0 Å². The van der Waals surface area contributed by atoms with Gasteiger partial charge < -0.3 is 14.8 Å². The molecule has 9 heteroatoms. The lowest BCUT2D eigenvalue weighted by Crippen LogP contribution is -2.22. The number of aryl methyl sites for hydroxylation is 1. The van der Waals surface area contributed by atoms with Gasteiger partial charge in [-0.15, -0.1) is 6.58 Å². The first-order valence-corrected chi connectivity index (χ1v) is 14.4. The molecule has 0 aliphatic carbocycles. The van der Waals surface area contributed by atoms with E-state index in [-0.39, 0.29) is 18.1 Å². The molecular weight excluding hydrogens is 584 g/mol. The molecule has 0 saturated carbocycles. The number of rotatable bonds is 13. The van der Waals surface area contributed by atoms with Crippen molar-refractivity contribution in [2.75, 3.05) is 18.5 Å². The van der Waals surface area contributed by atoms with Crippen molar-refractivity contribution < 1.29 is 14.3 Å². The molecular formula is C32H33BrN4O4. The van der Waals surface area contributed by atoms with Crippen LogP contribution in [0.1, 0.15) is 43.6 Å². The van der Waals surface area contributed by atoms with Crippen molar-refractivity contribution in [1.82, 2.24) is 9.66 Å². The van der Waals surface area contributed by atoms with Crippen LogP contribution in [0.4, 0.5) is 5.69 Å². The molecule has 3 aromatic carbocycles. The fourth-order valence-electron chi connectivity index (χ4n) is 4.28. The molecule has 212 valence electrons. The zero-order chi connectivity index (χ0) is 29.2. The molecule has 0 atom stereocenters. The van der Waals surface area contributed by atoms with Crippen molar-refractivity contribution in [2.45, 2.75) is 39.5 Å². The molecule has 1 aromatic heterocycles. The number of nitrogens with zero attached hydrogens (tertiary/aromatic N) is 3. The van der Waals surface area contributed by atoms with Crippen molar-refractivity contribution in [2.24, 2.45) is 5.10 Å². The Morgan fingerprint density at radius 3 is 2.66 bits per heavy atom. The maximum Gasteiger partial charge on any atom is 0.282 e. The quantitative estimate of drug-likeness (QED) is 0.136. The first-order valence-electron chi connectivity index (χ1n) is 13.6. The van der Waals surface area contributed by atoms with Crippen molar-refractivity contribution in [3.8, 4) is 11.5 Å². The number of aromatic nitrogens is 2. The molecule has 0 aliphatic heterocycles. The minimum atomic E-state index is -0.289.